The van der Waals surface area contributed by atoms with Gasteiger partial charge in [-0.05, 0) is 98.7 Å². The van der Waals surface area contributed by atoms with Crippen LogP contribution in [0.1, 0.15) is 89.8 Å². The van der Waals surface area contributed by atoms with Crippen molar-refractivity contribution >= 4 is 46.7 Å². The first-order valence-electron chi connectivity index (χ1n) is 20.1. The number of piperidine rings is 3. The van der Waals surface area contributed by atoms with E-state index >= 15 is 0 Å². The fraction of sp³-hybridized carbons (Fsp3) is 0.500. The van der Waals surface area contributed by atoms with Gasteiger partial charge in [-0.15, -0.1) is 10.2 Å². The molecule has 304 valence electrons. The Hall–Kier alpha value is -5.14. The maximum Gasteiger partial charge on any atom is 0.272 e. The van der Waals surface area contributed by atoms with Gasteiger partial charge in [0.2, 0.25) is 17.5 Å². The van der Waals surface area contributed by atoms with Gasteiger partial charge in [0.05, 0.1) is 23.8 Å². The van der Waals surface area contributed by atoms with Gasteiger partial charge >= 0.3 is 0 Å². The van der Waals surface area contributed by atoms with E-state index in [4.69, 9.17) is 22.9 Å². The van der Waals surface area contributed by atoms with E-state index in [1.807, 2.05) is 6.07 Å². The summed E-state index contributed by atoms with van der Waals surface area (Å²) in [5.74, 6) is 0.437. The number of likely N-dealkylation sites (tertiary alicyclic amines) is 1. The van der Waals surface area contributed by atoms with Crippen molar-refractivity contribution in [3.8, 4) is 5.75 Å². The van der Waals surface area contributed by atoms with Crippen LogP contribution in [0.15, 0.2) is 48.5 Å². The smallest absolute Gasteiger partial charge is 0.272 e. The third-order valence-electron chi connectivity index (χ3n) is 12.5. The molecule has 15 nitrogen and oxygen atoms in total. The molecular formula is C42H47ClN8O7. The van der Waals surface area contributed by atoms with Crippen LogP contribution in [0, 0.1) is 12.5 Å². The molecule has 58 heavy (non-hydrogen) atoms. The summed E-state index contributed by atoms with van der Waals surface area (Å²) in [6.07, 6.45) is 4.73. The fourth-order valence-corrected chi connectivity index (χ4v) is 9.29. The van der Waals surface area contributed by atoms with Crippen LogP contribution >= 0.6 is 11.6 Å². The molecule has 0 spiro atoms. The number of benzene rings is 2. The third-order valence-corrected chi connectivity index (χ3v) is 12.8. The van der Waals surface area contributed by atoms with Gasteiger partial charge in [-0.1, -0.05) is 29.8 Å². The summed E-state index contributed by atoms with van der Waals surface area (Å²) >= 11 is 6.15. The number of aliphatic hydroxyl groups excluding tert-OH is 1. The Bertz CT molecular complexity index is 2110. The SMILES string of the molecule is [C-]#[N+]c1ccc(OC2CCC(NC(=O)c3ccc(N4CCC(CN5CC[C@](O)(c6ccc7c(c6)CN(C6CCC(=O)NC6=O)C7=O)[C@@H](O)C5)CC4)nn3)CC2)cc1Cl. The minimum Gasteiger partial charge on any atom is -0.490 e. The van der Waals surface area contributed by atoms with Crippen LogP contribution in [0.5, 0.6) is 5.75 Å². The Morgan fingerprint density at radius 3 is 2.48 bits per heavy atom. The van der Waals surface area contributed by atoms with Gasteiger partial charge in [-0.3, -0.25) is 24.5 Å². The Labute approximate surface area is 341 Å². The van der Waals surface area contributed by atoms with E-state index in [0.29, 0.717) is 58.6 Å². The number of hydrogen-bond donors (Lipinski definition) is 4. The maximum absolute atomic E-state index is 13.2. The molecule has 16 heteroatoms. The lowest BCUT2D eigenvalue weighted by molar-refractivity contribution is -0.136. The number of carbonyl (C=O) groups excluding carboxylic acids is 4. The molecular weight excluding hydrogens is 764 g/mol. The second-order valence-corrected chi connectivity index (χ2v) is 16.6. The summed E-state index contributed by atoms with van der Waals surface area (Å²) < 4.78 is 6.08. The second-order valence-electron chi connectivity index (χ2n) is 16.2. The van der Waals surface area contributed by atoms with Crippen molar-refractivity contribution < 1.29 is 34.1 Å². The van der Waals surface area contributed by atoms with Gasteiger partial charge in [0.1, 0.15) is 17.4 Å². The molecule has 1 aliphatic carbocycles. The predicted octanol–water partition coefficient (Wildman–Crippen LogP) is 3.73. The van der Waals surface area contributed by atoms with Crippen LogP contribution in [0.3, 0.4) is 0 Å². The van der Waals surface area contributed by atoms with Crippen molar-refractivity contribution in [2.75, 3.05) is 37.6 Å². The van der Waals surface area contributed by atoms with Crippen LogP contribution in [-0.4, -0.2) is 111 Å². The summed E-state index contributed by atoms with van der Waals surface area (Å²) in [5, 5.41) is 37.5. The number of halogens is 1. The number of rotatable bonds is 9. The summed E-state index contributed by atoms with van der Waals surface area (Å²) in [5.41, 5.74) is 0.910. The van der Waals surface area contributed by atoms with Gasteiger partial charge in [0.15, 0.2) is 11.5 Å². The summed E-state index contributed by atoms with van der Waals surface area (Å²) in [7, 11) is 0. The number of hydrogen-bond acceptors (Lipinski definition) is 11. The monoisotopic (exact) mass is 810 g/mol. The van der Waals surface area contributed by atoms with E-state index in [9.17, 15) is 29.4 Å². The number of nitrogens with zero attached hydrogens (tertiary/aromatic N) is 6. The van der Waals surface area contributed by atoms with E-state index in [1.165, 1.54) is 4.90 Å². The van der Waals surface area contributed by atoms with Crippen molar-refractivity contribution in [1.82, 2.24) is 30.6 Å². The minimum atomic E-state index is -1.47. The molecule has 4 amide bonds. The normalized spacial score (nSPS) is 26.8. The van der Waals surface area contributed by atoms with Crippen LogP contribution in [-0.2, 0) is 21.7 Å². The molecule has 8 rings (SSSR count). The van der Waals surface area contributed by atoms with Crippen molar-refractivity contribution in [3.63, 3.8) is 0 Å². The van der Waals surface area contributed by atoms with Crippen LogP contribution in [0.25, 0.3) is 4.85 Å². The van der Waals surface area contributed by atoms with E-state index in [0.717, 1.165) is 64.0 Å². The summed E-state index contributed by atoms with van der Waals surface area (Å²) in [4.78, 5) is 59.5. The number of carbonyl (C=O) groups is 4. The molecule has 5 aliphatic rings. The number of β-amino-alcohol motifs (C(OH)–C–C–N with tert-alkyl or cyclic N) is 1. The molecule has 5 heterocycles. The highest BCUT2D eigenvalue weighted by Gasteiger charge is 2.45. The fourth-order valence-electron chi connectivity index (χ4n) is 9.08. The van der Waals surface area contributed by atoms with Crippen molar-refractivity contribution in [3.05, 3.63) is 87.4 Å². The maximum atomic E-state index is 13.2. The topological polar surface area (TPSA) is 182 Å². The first kappa shape index (κ1) is 39.7. The average molecular weight is 811 g/mol. The number of aliphatic hydroxyl groups is 2. The van der Waals surface area contributed by atoms with Crippen molar-refractivity contribution in [2.45, 2.75) is 94.2 Å². The molecule has 3 atom stereocenters. The highest BCUT2D eigenvalue weighted by molar-refractivity contribution is 6.33. The molecule has 0 bridgehead atoms. The van der Waals surface area contributed by atoms with Gasteiger partial charge in [0.25, 0.3) is 11.8 Å². The lowest BCUT2D eigenvalue weighted by Crippen LogP contribution is -2.54. The zero-order valence-electron chi connectivity index (χ0n) is 32.1. The van der Waals surface area contributed by atoms with Gasteiger partial charge in [0, 0.05) is 57.3 Å². The van der Waals surface area contributed by atoms with Crippen LogP contribution in [0.2, 0.25) is 5.02 Å². The molecule has 4 aliphatic heterocycles. The number of ether oxygens (including phenoxy) is 1. The lowest BCUT2D eigenvalue weighted by atomic mass is 9.80. The molecule has 1 aromatic heterocycles. The Morgan fingerprint density at radius 2 is 1.79 bits per heavy atom. The molecule has 1 unspecified atom stereocenters. The van der Waals surface area contributed by atoms with E-state index in [1.54, 1.807) is 42.5 Å². The lowest BCUT2D eigenvalue weighted by Gasteiger charge is -2.44. The van der Waals surface area contributed by atoms with E-state index in [2.05, 4.69) is 35.5 Å². The highest BCUT2D eigenvalue weighted by atomic mass is 35.5. The average Bonchev–Trinajstić information content (AvgIpc) is 3.55. The predicted molar refractivity (Wildman–Crippen MR) is 212 cm³/mol. The minimum absolute atomic E-state index is 0.0119. The Kier molecular flexibility index (Phi) is 11.4. The molecule has 4 N–H and O–H groups in total. The quantitative estimate of drug-likeness (QED) is 0.183. The Balaban J connectivity index is 0.770. The van der Waals surface area contributed by atoms with Crippen LogP contribution in [0.4, 0.5) is 11.5 Å². The largest absolute Gasteiger partial charge is 0.490 e. The van der Waals surface area contributed by atoms with E-state index < -0.39 is 23.7 Å². The molecule has 2 aromatic carbocycles. The van der Waals surface area contributed by atoms with Crippen LogP contribution < -0.4 is 20.3 Å². The number of fused-ring (bicyclic) bond motifs is 1. The van der Waals surface area contributed by atoms with Crippen molar-refractivity contribution in [1.29, 1.82) is 0 Å². The molecule has 3 saturated heterocycles. The molecule has 4 fully saturated rings. The first-order chi connectivity index (χ1) is 28.0. The number of imide groups is 1. The zero-order valence-corrected chi connectivity index (χ0v) is 32.9. The number of amides is 4. The second kappa shape index (κ2) is 16.6. The van der Waals surface area contributed by atoms with Gasteiger partial charge in [-0.2, -0.15) is 0 Å². The van der Waals surface area contributed by atoms with Gasteiger partial charge < -0.3 is 35.0 Å². The number of aromatic nitrogens is 2. The first-order valence-corrected chi connectivity index (χ1v) is 20.5. The highest BCUT2D eigenvalue weighted by Crippen LogP contribution is 2.38. The molecule has 3 aromatic rings. The van der Waals surface area contributed by atoms with Gasteiger partial charge in [-0.25, -0.2) is 4.85 Å². The molecule has 0 radical (unpaired) electrons. The van der Waals surface area contributed by atoms with Crippen molar-refractivity contribution in [2.24, 2.45) is 5.92 Å². The Morgan fingerprint density at radius 1 is 1.00 bits per heavy atom. The standard InChI is InChI=1S/C42H47ClN8O7/c1-44-33-9-7-30(21-32(33)43)58-29-5-3-28(4-6-29)45-39(54)34-10-12-37(48-47-34)50-17-14-25(15-18-50)22-49-19-16-42(57,36(52)24-49)27-2-8-31-26(20-27)23-51(41(31)56)35-11-13-38(53)46-40(35)55/h2,7-10,12,20-21,25,28-29,35-36,52,57H,3-6,11,13-19,22-24H2,(H,45,54)(H,46,53,55)/t28?,29?,35?,36-,42-/m0/s1. The zero-order chi connectivity index (χ0) is 40.6. The van der Waals surface area contributed by atoms with E-state index in [-0.39, 0.29) is 54.9 Å². The number of anilines is 1. The molecule has 1 saturated carbocycles. The summed E-state index contributed by atoms with van der Waals surface area (Å²) in [6, 6.07) is 13.1. The summed E-state index contributed by atoms with van der Waals surface area (Å²) in [6.45, 7) is 10.6. The third kappa shape index (κ3) is 8.24. The number of nitrogens with one attached hydrogen (secondary N) is 2.